The lowest BCUT2D eigenvalue weighted by Crippen LogP contribution is -1.97. The molecule has 0 aliphatic carbocycles. The van der Waals surface area contributed by atoms with Crippen LogP contribution < -0.4 is 5.30 Å². The molecule has 0 amide bonds. The van der Waals surface area contributed by atoms with E-state index in [9.17, 15) is 4.57 Å². The molecule has 86 valence electrons. The van der Waals surface area contributed by atoms with Crippen LogP contribution in [0.25, 0.3) is 0 Å². The molecule has 0 saturated heterocycles. The van der Waals surface area contributed by atoms with Crippen molar-refractivity contribution in [2.75, 3.05) is 7.11 Å². The molecule has 0 aliphatic heterocycles. The number of hydrogen-bond acceptors (Lipinski definition) is 2. The Morgan fingerprint density at radius 3 is 2.12 bits per heavy atom. The molecule has 3 heteroatoms. The van der Waals surface area contributed by atoms with Crippen molar-refractivity contribution < 1.29 is 9.09 Å². The Balaban J connectivity index is 2.11. The molecule has 1 atom stereocenters. The van der Waals surface area contributed by atoms with Crippen molar-refractivity contribution in [1.82, 2.24) is 0 Å². The lowest BCUT2D eigenvalue weighted by Gasteiger charge is -2.00. The third-order valence-electron chi connectivity index (χ3n) is 2.56. The molecule has 0 aromatic heterocycles. The molecule has 2 aromatic carbocycles. The van der Waals surface area contributed by atoms with Gasteiger partial charge in [-0.25, -0.2) is 0 Å². The zero-order valence-corrected chi connectivity index (χ0v) is 10.6. The second-order valence-electron chi connectivity index (χ2n) is 3.77. The minimum Gasteiger partial charge on any atom is -0.145 e. The molecule has 2 nitrogen and oxygen atoms in total. The van der Waals surface area contributed by atoms with Crippen LogP contribution in [-0.2, 0) is 15.5 Å². The summed E-state index contributed by atoms with van der Waals surface area (Å²) >= 11 is 0. The van der Waals surface area contributed by atoms with Crippen molar-refractivity contribution in [1.29, 1.82) is 0 Å². The Labute approximate surface area is 102 Å². The van der Waals surface area contributed by atoms with Crippen LogP contribution in [-0.4, -0.2) is 7.11 Å². The Kier molecular flexibility index (Phi) is 4.03. The van der Waals surface area contributed by atoms with E-state index in [1.807, 2.05) is 42.5 Å². The summed E-state index contributed by atoms with van der Waals surface area (Å²) in [5, 5.41) is 0.735. The van der Waals surface area contributed by atoms with Crippen molar-refractivity contribution in [2.24, 2.45) is 0 Å². The molecule has 0 aliphatic rings. The summed E-state index contributed by atoms with van der Waals surface area (Å²) in [6.07, 6.45) is 0.894. The molecular formula is C14H14O2P+. The van der Waals surface area contributed by atoms with Crippen molar-refractivity contribution >= 4 is 13.3 Å². The third-order valence-corrected chi connectivity index (χ3v) is 3.62. The average molecular weight is 245 g/mol. The third kappa shape index (κ3) is 3.23. The van der Waals surface area contributed by atoms with Crippen LogP contribution in [0.2, 0.25) is 0 Å². The standard InChI is InChI=1S/C14H14O2P/c1-16-17(15)14-9-7-13(8-10-14)11-12-5-3-2-4-6-12/h2-10H,11H2,1H3/q+1. The SMILES string of the molecule is CO[P+](=O)c1ccc(Cc2ccccc2)cc1. The Morgan fingerprint density at radius 2 is 1.53 bits per heavy atom. The van der Waals surface area contributed by atoms with Crippen molar-refractivity contribution in [2.45, 2.75) is 6.42 Å². The van der Waals surface area contributed by atoms with Gasteiger partial charge in [0, 0.05) is 0 Å². The molecule has 0 N–H and O–H groups in total. The fraction of sp³-hybridized carbons (Fsp3) is 0.143. The van der Waals surface area contributed by atoms with Crippen molar-refractivity contribution in [3.05, 3.63) is 65.7 Å². The first-order chi connectivity index (χ1) is 8.29. The van der Waals surface area contributed by atoms with Gasteiger partial charge in [0.1, 0.15) is 0 Å². The Bertz CT molecular complexity index is 491. The molecule has 0 bridgehead atoms. The molecule has 0 heterocycles. The zero-order chi connectivity index (χ0) is 12.1. The van der Waals surface area contributed by atoms with Crippen LogP contribution in [0.3, 0.4) is 0 Å². The molecule has 2 aromatic rings. The first kappa shape index (κ1) is 12.0. The zero-order valence-electron chi connectivity index (χ0n) is 9.67. The maximum Gasteiger partial charge on any atom is 0.548 e. The Hall–Kier alpha value is -1.50. The second-order valence-corrected chi connectivity index (χ2v) is 5.16. The van der Waals surface area contributed by atoms with E-state index in [2.05, 4.69) is 12.1 Å². The number of hydrogen-bond donors (Lipinski definition) is 0. The monoisotopic (exact) mass is 245 g/mol. The van der Waals surface area contributed by atoms with Crippen LogP contribution in [0.15, 0.2) is 54.6 Å². The van der Waals surface area contributed by atoms with E-state index in [4.69, 9.17) is 4.52 Å². The highest BCUT2D eigenvalue weighted by atomic mass is 31.1. The van der Waals surface area contributed by atoms with E-state index in [1.54, 1.807) is 0 Å². The van der Waals surface area contributed by atoms with E-state index in [0.717, 1.165) is 11.7 Å². The maximum atomic E-state index is 11.4. The summed E-state index contributed by atoms with van der Waals surface area (Å²) in [5.41, 5.74) is 2.48. The highest BCUT2D eigenvalue weighted by Gasteiger charge is 2.18. The van der Waals surface area contributed by atoms with Gasteiger partial charge in [0.2, 0.25) is 5.30 Å². The van der Waals surface area contributed by atoms with Gasteiger partial charge in [-0.2, -0.15) is 0 Å². The fourth-order valence-electron chi connectivity index (χ4n) is 1.67. The van der Waals surface area contributed by atoms with E-state index < -0.39 is 8.03 Å². The van der Waals surface area contributed by atoms with Crippen LogP contribution in [0.1, 0.15) is 11.1 Å². The highest BCUT2D eigenvalue weighted by molar-refractivity contribution is 7.48. The van der Waals surface area contributed by atoms with Crippen molar-refractivity contribution in [3.63, 3.8) is 0 Å². The van der Waals surface area contributed by atoms with Gasteiger partial charge in [-0.05, 0) is 34.2 Å². The predicted molar refractivity (Wildman–Crippen MR) is 69.9 cm³/mol. The molecule has 0 radical (unpaired) electrons. The Morgan fingerprint density at radius 1 is 0.941 bits per heavy atom. The van der Waals surface area contributed by atoms with E-state index in [-0.39, 0.29) is 0 Å². The van der Waals surface area contributed by atoms with Crippen LogP contribution in [0.5, 0.6) is 0 Å². The van der Waals surface area contributed by atoms with E-state index in [1.165, 1.54) is 18.2 Å². The molecule has 0 saturated carbocycles. The number of benzene rings is 2. The van der Waals surface area contributed by atoms with Crippen LogP contribution in [0.4, 0.5) is 0 Å². The summed E-state index contributed by atoms with van der Waals surface area (Å²) in [6, 6.07) is 18.0. The van der Waals surface area contributed by atoms with Gasteiger partial charge in [-0.15, -0.1) is 4.52 Å². The molecule has 17 heavy (non-hydrogen) atoms. The van der Waals surface area contributed by atoms with Gasteiger partial charge in [0.15, 0.2) is 0 Å². The van der Waals surface area contributed by atoms with Crippen LogP contribution >= 0.6 is 8.03 Å². The average Bonchev–Trinajstić information content (AvgIpc) is 2.40. The minimum absolute atomic E-state index is 0.735. The van der Waals surface area contributed by atoms with Gasteiger partial charge in [0.25, 0.3) is 0 Å². The molecular weight excluding hydrogens is 231 g/mol. The molecule has 2 rings (SSSR count). The molecule has 1 unspecified atom stereocenters. The first-order valence-electron chi connectivity index (χ1n) is 5.44. The maximum absolute atomic E-state index is 11.4. The topological polar surface area (TPSA) is 26.3 Å². The number of rotatable bonds is 4. The normalized spacial score (nSPS) is 11.2. The summed E-state index contributed by atoms with van der Waals surface area (Å²) in [5.74, 6) is 0. The summed E-state index contributed by atoms with van der Waals surface area (Å²) in [4.78, 5) is 0. The second kappa shape index (κ2) is 5.72. The van der Waals surface area contributed by atoms with E-state index in [0.29, 0.717) is 0 Å². The lowest BCUT2D eigenvalue weighted by molar-refractivity contribution is 0.423. The predicted octanol–water partition coefficient (Wildman–Crippen LogP) is 3.29. The van der Waals surface area contributed by atoms with E-state index >= 15 is 0 Å². The quantitative estimate of drug-likeness (QED) is 0.772. The first-order valence-corrected chi connectivity index (χ1v) is 6.61. The largest absolute Gasteiger partial charge is 0.548 e. The molecule has 0 spiro atoms. The highest BCUT2D eigenvalue weighted by Crippen LogP contribution is 2.20. The van der Waals surface area contributed by atoms with Gasteiger partial charge in [-0.3, -0.25) is 0 Å². The smallest absolute Gasteiger partial charge is 0.145 e. The van der Waals surface area contributed by atoms with Gasteiger partial charge in [-0.1, -0.05) is 42.5 Å². The summed E-state index contributed by atoms with van der Waals surface area (Å²) in [7, 11) is -0.240. The molecule has 0 fully saturated rings. The lowest BCUT2D eigenvalue weighted by atomic mass is 10.1. The van der Waals surface area contributed by atoms with Gasteiger partial charge < -0.3 is 0 Å². The minimum atomic E-state index is -1.70. The van der Waals surface area contributed by atoms with Crippen molar-refractivity contribution in [3.8, 4) is 0 Å². The fourth-order valence-corrected chi connectivity index (χ4v) is 2.28. The summed E-state index contributed by atoms with van der Waals surface area (Å²) < 4.78 is 16.2. The van der Waals surface area contributed by atoms with Gasteiger partial charge in [0.05, 0.1) is 7.11 Å². The summed E-state index contributed by atoms with van der Waals surface area (Å²) in [6.45, 7) is 0. The van der Waals surface area contributed by atoms with Crippen LogP contribution in [0, 0.1) is 0 Å². The van der Waals surface area contributed by atoms with Gasteiger partial charge >= 0.3 is 8.03 Å².